The Morgan fingerprint density at radius 2 is 0.797 bits per heavy atom. The average Bonchev–Trinajstić information content (AvgIpc) is 3.84. The highest BCUT2D eigenvalue weighted by Gasteiger charge is 2.49. The summed E-state index contributed by atoms with van der Waals surface area (Å²) in [6.45, 7) is 4.72. The number of hydrogen-bond donors (Lipinski definition) is 0. The van der Waals surface area contributed by atoms with E-state index >= 15 is 0 Å². The van der Waals surface area contributed by atoms with Crippen molar-refractivity contribution >= 4 is 56.7 Å². The molecule has 0 spiro atoms. The van der Waals surface area contributed by atoms with Gasteiger partial charge < -0.3 is 4.90 Å². The Bertz CT molecular complexity index is 3740. The number of hydrogen-bond acceptors (Lipinski definition) is 1. The highest BCUT2D eigenvalue weighted by atomic mass is 28.3. The van der Waals surface area contributed by atoms with Crippen molar-refractivity contribution in [1.29, 1.82) is 0 Å². The molecule has 0 saturated carbocycles. The van der Waals surface area contributed by atoms with E-state index in [9.17, 15) is 0 Å². The minimum atomic E-state index is -2.87. The zero-order chi connectivity index (χ0) is 46.1. The van der Waals surface area contributed by atoms with Gasteiger partial charge in [-0.15, -0.1) is 0 Å². The molecule has 0 N–H and O–H groups in total. The van der Waals surface area contributed by atoms with Gasteiger partial charge in [-0.2, -0.15) is 0 Å². The molecular formula is C67H49NSi. The molecule has 13 rings (SSSR count). The first-order chi connectivity index (χ1) is 33.9. The fourth-order valence-corrected chi connectivity index (χ4v) is 17.0. The average molecular weight is 896 g/mol. The highest BCUT2D eigenvalue weighted by Crippen LogP contribution is 2.50. The summed E-state index contributed by atoms with van der Waals surface area (Å²) < 4.78 is 0. The van der Waals surface area contributed by atoms with Gasteiger partial charge in [0, 0.05) is 22.5 Å². The van der Waals surface area contributed by atoms with E-state index in [1.165, 1.54) is 98.3 Å². The predicted molar refractivity (Wildman–Crippen MR) is 295 cm³/mol. The van der Waals surface area contributed by atoms with E-state index in [0.29, 0.717) is 0 Å². The largest absolute Gasteiger partial charge is 0.311 e. The Hall–Kier alpha value is -8.30. The van der Waals surface area contributed by atoms with Crippen molar-refractivity contribution in [2.75, 3.05) is 4.90 Å². The molecule has 69 heavy (non-hydrogen) atoms. The zero-order valence-electron chi connectivity index (χ0n) is 38.8. The Morgan fingerprint density at radius 3 is 1.54 bits per heavy atom. The quantitative estimate of drug-likeness (QED) is 0.137. The summed E-state index contributed by atoms with van der Waals surface area (Å²) in [5.74, 6) is 0. The molecule has 1 heterocycles. The molecule has 1 unspecified atom stereocenters. The summed E-state index contributed by atoms with van der Waals surface area (Å²) in [7, 11) is -2.87. The van der Waals surface area contributed by atoms with E-state index in [1.54, 1.807) is 0 Å². The molecule has 2 aliphatic rings. The second kappa shape index (κ2) is 16.2. The van der Waals surface area contributed by atoms with Gasteiger partial charge >= 0.3 is 0 Å². The first-order valence-electron chi connectivity index (χ1n) is 24.2. The second-order valence-electron chi connectivity index (χ2n) is 19.3. The Balaban J connectivity index is 0.969. The molecule has 0 radical (unpaired) electrons. The SMILES string of the molecule is CC1(C)c2ccccc2-c2ccc(-c3ccc(N(c4ccc(-c5ccc6ccccc6c5)cc4)c4cccc([Si]5(c6ccccc6)c6ccccc6-c6ccc(-c7ccccc7)cc65)c4)cc3)cc21. The van der Waals surface area contributed by atoms with E-state index < -0.39 is 8.07 Å². The lowest BCUT2D eigenvalue weighted by atomic mass is 9.81. The maximum Gasteiger partial charge on any atom is 0.180 e. The number of rotatable bonds is 8. The van der Waals surface area contributed by atoms with Crippen molar-refractivity contribution in [3.8, 4) is 55.6 Å². The molecule has 2 heteroatoms. The van der Waals surface area contributed by atoms with E-state index in [1.807, 2.05) is 0 Å². The fourth-order valence-electron chi connectivity index (χ4n) is 11.8. The third-order valence-electron chi connectivity index (χ3n) is 15.1. The van der Waals surface area contributed by atoms with E-state index in [2.05, 4.69) is 280 Å². The summed E-state index contributed by atoms with van der Waals surface area (Å²) in [5.41, 5.74) is 18.8. The molecule has 1 nitrogen and oxygen atoms in total. The lowest BCUT2D eigenvalue weighted by molar-refractivity contribution is 0.660. The van der Waals surface area contributed by atoms with Gasteiger partial charge in [0.2, 0.25) is 0 Å². The first kappa shape index (κ1) is 40.9. The van der Waals surface area contributed by atoms with Crippen LogP contribution in [0.5, 0.6) is 0 Å². The van der Waals surface area contributed by atoms with E-state index in [4.69, 9.17) is 0 Å². The molecule has 0 amide bonds. The smallest absolute Gasteiger partial charge is 0.180 e. The van der Waals surface area contributed by atoms with Crippen LogP contribution in [0.15, 0.2) is 261 Å². The minimum Gasteiger partial charge on any atom is -0.311 e. The van der Waals surface area contributed by atoms with Crippen LogP contribution in [-0.2, 0) is 5.41 Å². The monoisotopic (exact) mass is 895 g/mol. The lowest BCUT2D eigenvalue weighted by Gasteiger charge is -2.33. The van der Waals surface area contributed by atoms with Gasteiger partial charge in [0.05, 0.1) is 0 Å². The molecule has 0 bridgehead atoms. The molecule has 1 atom stereocenters. The molecule has 11 aromatic rings. The molecule has 326 valence electrons. The van der Waals surface area contributed by atoms with Gasteiger partial charge in [-0.05, 0) is 147 Å². The highest BCUT2D eigenvalue weighted by molar-refractivity contribution is 7.22. The predicted octanol–water partition coefficient (Wildman–Crippen LogP) is 15.0. The number of anilines is 3. The van der Waals surface area contributed by atoms with Crippen LogP contribution in [-0.4, -0.2) is 8.07 Å². The van der Waals surface area contributed by atoms with Crippen LogP contribution >= 0.6 is 0 Å². The van der Waals surface area contributed by atoms with Gasteiger partial charge in [0.25, 0.3) is 0 Å². The maximum absolute atomic E-state index is 2.87. The van der Waals surface area contributed by atoms with E-state index in [-0.39, 0.29) is 5.41 Å². The van der Waals surface area contributed by atoms with E-state index in [0.717, 1.165) is 17.1 Å². The summed E-state index contributed by atoms with van der Waals surface area (Å²) >= 11 is 0. The first-order valence-corrected chi connectivity index (χ1v) is 26.2. The Morgan fingerprint density at radius 1 is 0.290 bits per heavy atom. The summed E-state index contributed by atoms with van der Waals surface area (Å²) in [4.78, 5) is 2.45. The molecule has 0 aromatic heterocycles. The zero-order valence-corrected chi connectivity index (χ0v) is 39.8. The van der Waals surface area contributed by atoms with Crippen LogP contribution in [0, 0.1) is 0 Å². The molecular weight excluding hydrogens is 847 g/mol. The number of nitrogens with zero attached hydrogens (tertiary/aromatic N) is 1. The third kappa shape index (κ3) is 6.59. The summed E-state index contributed by atoms with van der Waals surface area (Å²) in [5, 5.41) is 8.11. The third-order valence-corrected chi connectivity index (χ3v) is 20.0. The van der Waals surface area contributed by atoms with Crippen LogP contribution in [0.25, 0.3) is 66.4 Å². The topological polar surface area (TPSA) is 3.24 Å². The Labute approximate surface area is 406 Å². The van der Waals surface area contributed by atoms with Crippen LogP contribution in [0.4, 0.5) is 17.1 Å². The Kier molecular flexibility index (Phi) is 9.61. The van der Waals surface area contributed by atoms with Crippen LogP contribution in [0.1, 0.15) is 25.0 Å². The van der Waals surface area contributed by atoms with Crippen molar-refractivity contribution < 1.29 is 0 Å². The van der Waals surface area contributed by atoms with Crippen molar-refractivity contribution in [3.05, 3.63) is 272 Å². The van der Waals surface area contributed by atoms with Crippen LogP contribution < -0.4 is 25.6 Å². The molecule has 0 fully saturated rings. The summed E-state index contributed by atoms with van der Waals surface area (Å²) in [6.07, 6.45) is 0. The minimum absolute atomic E-state index is 0.0629. The molecule has 1 aliphatic heterocycles. The molecule has 11 aromatic carbocycles. The van der Waals surface area contributed by atoms with Gasteiger partial charge in [-0.1, -0.05) is 226 Å². The molecule has 1 aliphatic carbocycles. The van der Waals surface area contributed by atoms with Gasteiger partial charge in [0.15, 0.2) is 8.07 Å². The fraction of sp³-hybridized carbons (Fsp3) is 0.0448. The second-order valence-corrected chi connectivity index (χ2v) is 23.0. The number of fused-ring (bicyclic) bond motifs is 7. The van der Waals surface area contributed by atoms with Gasteiger partial charge in [0.1, 0.15) is 0 Å². The van der Waals surface area contributed by atoms with Gasteiger partial charge in [-0.3, -0.25) is 0 Å². The van der Waals surface area contributed by atoms with Gasteiger partial charge in [-0.25, -0.2) is 0 Å². The van der Waals surface area contributed by atoms with Crippen molar-refractivity contribution in [2.24, 2.45) is 0 Å². The van der Waals surface area contributed by atoms with Crippen molar-refractivity contribution in [3.63, 3.8) is 0 Å². The van der Waals surface area contributed by atoms with Crippen molar-refractivity contribution in [1.82, 2.24) is 0 Å². The normalized spacial score (nSPS) is 15.0. The summed E-state index contributed by atoms with van der Waals surface area (Å²) in [6, 6.07) is 97.8. The van der Waals surface area contributed by atoms with Crippen LogP contribution in [0.3, 0.4) is 0 Å². The number of benzene rings is 11. The lowest BCUT2D eigenvalue weighted by Crippen LogP contribution is -2.72. The standard InChI is InChI=1S/C67H49NSi/c1-67(2)63-26-13-11-24-59(63)60-40-34-52(43-64(60)67)49-32-38-55(39-33-49)68(54-36-30-48(31-37-54)51-29-28-47-18-9-10-19-50(47)42-51)56-20-15-23-58(45-56)69(57-21-7-4-8-22-57)65-27-14-12-25-61(65)62-41-35-53(44-66(62)69)46-16-5-3-6-17-46/h3-45H,1-2H3. The van der Waals surface area contributed by atoms with Crippen LogP contribution in [0.2, 0.25) is 0 Å². The van der Waals surface area contributed by atoms with Crippen molar-refractivity contribution in [2.45, 2.75) is 19.3 Å². The maximum atomic E-state index is 2.51. The molecule has 0 saturated heterocycles.